The smallest absolute Gasteiger partial charge is 0.274 e. The lowest BCUT2D eigenvalue weighted by atomic mass is 9.95. The number of ether oxygens (including phenoxy) is 2. The van der Waals surface area contributed by atoms with Crippen molar-refractivity contribution in [1.82, 2.24) is 44.6 Å². The normalized spacial score (nSPS) is 20.7. The summed E-state index contributed by atoms with van der Waals surface area (Å²) in [6.07, 6.45) is 4.76. The predicted octanol–water partition coefficient (Wildman–Crippen LogP) is 4.20. The van der Waals surface area contributed by atoms with Crippen LogP contribution in [0.3, 0.4) is 0 Å². The molecular weight excluding hydrogens is 892 g/mol. The van der Waals surface area contributed by atoms with Crippen LogP contribution in [0.2, 0.25) is 0 Å². The zero-order chi connectivity index (χ0) is 48.1. The highest BCUT2D eigenvalue weighted by Gasteiger charge is 2.41. The summed E-state index contributed by atoms with van der Waals surface area (Å²) in [6, 6.07) is 22.2. The van der Waals surface area contributed by atoms with Crippen LogP contribution in [-0.4, -0.2) is 186 Å². The van der Waals surface area contributed by atoms with Crippen molar-refractivity contribution in [2.45, 2.75) is 44.9 Å². The zero-order valence-electron chi connectivity index (χ0n) is 40.0. The third kappa shape index (κ3) is 11.1. The molecule has 3 amide bonds. The number of morpholine rings is 1. The van der Waals surface area contributed by atoms with Crippen molar-refractivity contribution in [3.8, 4) is 11.1 Å². The number of carbonyl (C=O) groups is 3. The number of amides is 3. The molecule has 2 unspecified atom stereocenters. The highest BCUT2D eigenvalue weighted by molar-refractivity contribution is 5.98. The lowest BCUT2D eigenvalue weighted by Gasteiger charge is -2.40. The van der Waals surface area contributed by atoms with Gasteiger partial charge in [0.15, 0.2) is 11.9 Å². The number of hydrogen-bond donors (Lipinski definition) is 2. The fraction of sp³-hybridized carbons (Fsp3) is 0.472. The molecule has 0 radical (unpaired) electrons. The van der Waals surface area contributed by atoms with Crippen LogP contribution in [0, 0.1) is 11.7 Å². The zero-order valence-corrected chi connectivity index (χ0v) is 40.0. The van der Waals surface area contributed by atoms with Gasteiger partial charge in [-0.25, -0.2) is 14.5 Å². The van der Waals surface area contributed by atoms with E-state index in [-0.39, 0.29) is 35.3 Å². The number of aromatic amines is 1. The molecule has 3 aromatic carbocycles. The van der Waals surface area contributed by atoms with Gasteiger partial charge in [-0.05, 0) is 66.1 Å². The highest BCUT2D eigenvalue weighted by atomic mass is 19.1. The number of rotatable bonds is 14. The lowest BCUT2D eigenvalue weighted by Crippen LogP contribution is -2.55. The number of nitrogens with zero attached hydrogens (tertiary/aromatic N) is 8. The summed E-state index contributed by atoms with van der Waals surface area (Å²) in [5.41, 5.74) is 5.44. The second-order valence-corrected chi connectivity index (χ2v) is 19.3. The molecule has 16 nitrogen and oxygen atoms in total. The minimum atomic E-state index is -0.602. The van der Waals surface area contributed by atoms with Crippen LogP contribution in [0.1, 0.15) is 57.4 Å². The Morgan fingerprint density at radius 3 is 2.21 bits per heavy atom. The fourth-order valence-electron chi connectivity index (χ4n) is 10.4. The third-order valence-corrected chi connectivity index (χ3v) is 14.8. The monoisotopic (exact) mass is 954 g/mol. The number of halogens is 1. The Labute approximate surface area is 407 Å². The molecular formula is C53H63FN10O6. The molecule has 5 aliphatic heterocycles. The van der Waals surface area contributed by atoms with Crippen molar-refractivity contribution < 1.29 is 28.2 Å². The number of epoxide rings is 1. The maximum atomic E-state index is 15.1. The molecule has 368 valence electrons. The number of piperazine rings is 2. The van der Waals surface area contributed by atoms with Crippen LogP contribution in [0.15, 0.2) is 83.8 Å². The second-order valence-electron chi connectivity index (χ2n) is 19.3. The van der Waals surface area contributed by atoms with Crippen molar-refractivity contribution in [1.29, 1.82) is 0 Å². The van der Waals surface area contributed by atoms with E-state index in [1.165, 1.54) is 11.6 Å². The van der Waals surface area contributed by atoms with Crippen molar-refractivity contribution in [2.24, 2.45) is 5.92 Å². The Morgan fingerprint density at radius 1 is 0.729 bits per heavy atom. The number of pyridine rings is 1. The molecule has 2 N–H and O–H groups in total. The number of H-pyrrole nitrogens is 1. The minimum Gasteiger partial charge on any atom is -0.379 e. The van der Waals surface area contributed by atoms with Crippen molar-refractivity contribution >= 4 is 34.2 Å². The second kappa shape index (κ2) is 21.5. The van der Waals surface area contributed by atoms with E-state index in [4.69, 9.17) is 14.5 Å². The van der Waals surface area contributed by atoms with E-state index in [1.807, 2.05) is 28.1 Å². The number of aromatic nitrogens is 3. The van der Waals surface area contributed by atoms with Crippen molar-refractivity contribution in [3.63, 3.8) is 0 Å². The number of aryl methyl sites for hydroxylation is 1. The van der Waals surface area contributed by atoms with Crippen LogP contribution < -0.4 is 10.9 Å². The number of piperidine rings is 1. The maximum absolute atomic E-state index is 15.1. The van der Waals surface area contributed by atoms with Crippen LogP contribution in [-0.2, 0) is 27.1 Å². The number of benzene rings is 3. The number of nitrogens with one attached hydrogen (secondary N) is 2. The third-order valence-electron chi connectivity index (χ3n) is 14.8. The Bertz CT molecular complexity index is 2740. The maximum Gasteiger partial charge on any atom is 0.274 e. The molecule has 5 saturated heterocycles. The summed E-state index contributed by atoms with van der Waals surface area (Å²) in [7, 11) is 0. The number of fused-ring (bicyclic) bond motifs is 1. The van der Waals surface area contributed by atoms with E-state index >= 15 is 4.39 Å². The quantitative estimate of drug-likeness (QED) is 0.153. The van der Waals surface area contributed by atoms with Crippen molar-refractivity contribution in [2.75, 3.05) is 117 Å². The lowest BCUT2D eigenvalue weighted by molar-refractivity contribution is -0.134. The van der Waals surface area contributed by atoms with Gasteiger partial charge in [0.2, 0.25) is 5.91 Å². The fourth-order valence-corrected chi connectivity index (χ4v) is 10.4. The topological polar surface area (TPSA) is 163 Å². The van der Waals surface area contributed by atoms with Crippen LogP contribution >= 0.6 is 0 Å². The standard InChI is InChI=1S/C53H63FN10O6/c1-2-36-6-5-7-39(28-36)40-31-46(56-51-47(70-51)34-61-24-26-69-27-25-61)49(55-32-40)53(68)63-14-12-37(13-15-63)33-59-16-18-60(19-17-59)35-48(65)62-20-22-64(23-21-62)52(67)43-29-38(10-11-44(43)54)30-45-41-8-3-4-9-42(41)50(66)58-57-45/h3-11,28-29,31-32,37,47,51,56H,2,12-27,30,33-35H2,1H3,(H,58,66). The van der Waals surface area contributed by atoms with Gasteiger partial charge in [-0.2, -0.15) is 5.10 Å². The summed E-state index contributed by atoms with van der Waals surface area (Å²) in [4.78, 5) is 70.8. The van der Waals surface area contributed by atoms with Gasteiger partial charge in [-0.3, -0.25) is 29.0 Å². The Morgan fingerprint density at radius 2 is 1.44 bits per heavy atom. The Hall–Kier alpha value is -6.11. The van der Waals surface area contributed by atoms with Gasteiger partial charge in [0.1, 0.15) is 11.9 Å². The Kier molecular flexibility index (Phi) is 14.6. The minimum absolute atomic E-state index is 0.0182. The number of likely N-dealkylation sites (tertiary alicyclic amines) is 1. The number of hydrogen-bond acceptors (Lipinski definition) is 12. The summed E-state index contributed by atoms with van der Waals surface area (Å²) in [5, 5.41) is 11.6. The van der Waals surface area contributed by atoms with Crippen LogP contribution in [0.4, 0.5) is 10.1 Å². The molecule has 2 aromatic heterocycles. The predicted molar refractivity (Wildman–Crippen MR) is 264 cm³/mol. The van der Waals surface area contributed by atoms with E-state index < -0.39 is 11.7 Å². The van der Waals surface area contributed by atoms with E-state index in [0.717, 1.165) is 96.0 Å². The van der Waals surface area contributed by atoms with Gasteiger partial charge < -0.3 is 34.4 Å². The molecule has 5 aliphatic rings. The molecule has 0 aliphatic carbocycles. The Balaban J connectivity index is 0.670. The van der Waals surface area contributed by atoms with Gasteiger partial charge in [-0.15, -0.1) is 0 Å². The van der Waals surface area contributed by atoms with Gasteiger partial charge in [0, 0.05) is 115 Å². The van der Waals surface area contributed by atoms with Gasteiger partial charge in [-0.1, -0.05) is 55.5 Å². The van der Waals surface area contributed by atoms with Crippen LogP contribution in [0.5, 0.6) is 0 Å². The molecule has 5 aromatic rings. The molecule has 5 fully saturated rings. The largest absolute Gasteiger partial charge is 0.379 e. The molecule has 0 bridgehead atoms. The molecule has 0 spiro atoms. The van der Waals surface area contributed by atoms with Crippen LogP contribution in [0.25, 0.3) is 21.9 Å². The first kappa shape index (κ1) is 47.6. The molecule has 17 heteroatoms. The van der Waals surface area contributed by atoms with E-state index in [2.05, 4.69) is 67.5 Å². The molecule has 7 heterocycles. The first-order chi connectivity index (χ1) is 34.1. The number of anilines is 1. The van der Waals surface area contributed by atoms with Gasteiger partial charge >= 0.3 is 0 Å². The summed E-state index contributed by atoms with van der Waals surface area (Å²) < 4.78 is 26.7. The van der Waals surface area contributed by atoms with E-state index in [9.17, 15) is 19.2 Å². The van der Waals surface area contributed by atoms with Gasteiger partial charge in [0.05, 0.1) is 42.1 Å². The van der Waals surface area contributed by atoms with E-state index in [1.54, 1.807) is 29.2 Å². The summed E-state index contributed by atoms with van der Waals surface area (Å²) >= 11 is 0. The number of carbonyl (C=O) groups excluding carboxylic acids is 3. The first-order valence-corrected chi connectivity index (χ1v) is 25.0. The summed E-state index contributed by atoms with van der Waals surface area (Å²) in [6.45, 7) is 13.6. The average Bonchev–Trinajstić information content (AvgIpc) is 4.14. The van der Waals surface area contributed by atoms with E-state index in [0.29, 0.717) is 91.6 Å². The SMILES string of the molecule is CCc1cccc(-c2cnc(C(=O)N3CCC(CN4CCN(CC(=O)N5CCN(C(=O)c6cc(Cc7n[nH]c(=O)c8ccccc78)ccc6F)CC5)CC4)CC3)c(NC3OC3CN3CCOCC3)c2)c1. The summed E-state index contributed by atoms with van der Waals surface area (Å²) in [5.74, 6) is -0.556. The van der Waals surface area contributed by atoms with Crippen molar-refractivity contribution in [3.05, 3.63) is 123 Å². The molecule has 2 atom stereocenters. The average molecular weight is 955 g/mol. The first-order valence-electron chi connectivity index (χ1n) is 25.0. The van der Waals surface area contributed by atoms with Gasteiger partial charge in [0.25, 0.3) is 17.4 Å². The molecule has 70 heavy (non-hydrogen) atoms. The highest BCUT2D eigenvalue weighted by Crippen LogP contribution is 2.32. The molecule has 0 saturated carbocycles. The molecule has 10 rings (SSSR count).